The van der Waals surface area contributed by atoms with Crippen molar-refractivity contribution in [2.75, 3.05) is 29.5 Å². The standard InChI is InChI=1S/C10H11N3S2/c11-7-9-1-2-10(12-8-9)13-3-5-14-15-6-4-13/h1-2,8H,3-6H2. The first-order valence-electron chi connectivity index (χ1n) is 4.75. The summed E-state index contributed by atoms with van der Waals surface area (Å²) in [5.41, 5.74) is 0.623. The molecule has 2 heterocycles. The molecule has 1 aromatic rings. The summed E-state index contributed by atoms with van der Waals surface area (Å²) >= 11 is 0. The predicted molar refractivity (Wildman–Crippen MR) is 66.1 cm³/mol. The van der Waals surface area contributed by atoms with Crippen LogP contribution in [0.3, 0.4) is 0 Å². The van der Waals surface area contributed by atoms with Gasteiger partial charge in [-0.1, -0.05) is 21.6 Å². The van der Waals surface area contributed by atoms with Gasteiger partial charge < -0.3 is 4.90 Å². The second kappa shape index (κ2) is 5.29. The number of aromatic nitrogens is 1. The number of hydrogen-bond donors (Lipinski definition) is 0. The van der Waals surface area contributed by atoms with Crippen LogP contribution in [0, 0.1) is 11.3 Å². The molecule has 1 saturated heterocycles. The lowest BCUT2D eigenvalue weighted by Gasteiger charge is -2.20. The van der Waals surface area contributed by atoms with E-state index in [1.807, 2.05) is 33.7 Å². The fourth-order valence-corrected chi connectivity index (χ4v) is 3.37. The molecule has 1 aliphatic heterocycles. The third-order valence-corrected chi connectivity index (χ3v) is 4.54. The molecular weight excluding hydrogens is 226 g/mol. The van der Waals surface area contributed by atoms with Gasteiger partial charge >= 0.3 is 0 Å². The molecule has 0 aromatic carbocycles. The molecule has 1 fully saturated rings. The Hall–Kier alpha value is -0.860. The summed E-state index contributed by atoms with van der Waals surface area (Å²) in [6, 6.07) is 5.84. The monoisotopic (exact) mass is 237 g/mol. The minimum atomic E-state index is 0.623. The van der Waals surface area contributed by atoms with Gasteiger partial charge in [-0.25, -0.2) is 4.98 Å². The highest BCUT2D eigenvalue weighted by Gasteiger charge is 2.10. The van der Waals surface area contributed by atoms with E-state index in [1.165, 1.54) is 0 Å². The van der Waals surface area contributed by atoms with E-state index in [1.54, 1.807) is 6.20 Å². The topological polar surface area (TPSA) is 39.9 Å². The van der Waals surface area contributed by atoms with Crippen molar-refractivity contribution in [3.63, 3.8) is 0 Å². The Kier molecular flexibility index (Phi) is 3.75. The zero-order valence-corrected chi connectivity index (χ0v) is 9.85. The molecule has 0 N–H and O–H groups in total. The fourth-order valence-electron chi connectivity index (χ4n) is 1.39. The minimum Gasteiger partial charge on any atom is -0.355 e. The molecule has 2 rings (SSSR count). The highest BCUT2D eigenvalue weighted by atomic mass is 33.1. The highest BCUT2D eigenvalue weighted by molar-refractivity contribution is 8.76. The first kappa shape index (κ1) is 10.7. The Balaban J connectivity index is 2.10. The van der Waals surface area contributed by atoms with E-state index in [0.717, 1.165) is 30.4 Å². The number of nitrogens with zero attached hydrogens (tertiary/aromatic N) is 3. The smallest absolute Gasteiger partial charge is 0.128 e. The second-order valence-corrected chi connectivity index (χ2v) is 5.85. The summed E-state index contributed by atoms with van der Waals surface area (Å²) in [5, 5.41) is 8.67. The first-order valence-corrected chi connectivity index (χ1v) is 7.24. The van der Waals surface area contributed by atoms with Gasteiger partial charge in [-0.3, -0.25) is 0 Å². The number of nitriles is 1. The molecule has 0 aliphatic carbocycles. The number of anilines is 1. The van der Waals surface area contributed by atoms with E-state index >= 15 is 0 Å². The van der Waals surface area contributed by atoms with E-state index in [9.17, 15) is 0 Å². The molecule has 0 spiro atoms. The Morgan fingerprint density at radius 3 is 2.53 bits per heavy atom. The maximum Gasteiger partial charge on any atom is 0.128 e. The molecule has 0 saturated carbocycles. The Morgan fingerprint density at radius 1 is 1.27 bits per heavy atom. The molecule has 0 atom stereocenters. The van der Waals surface area contributed by atoms with Gasteiger partial charge in [0, 0.05) is 30.8 Å². The van der Waals surface area contributed by atoms with Crippen LogP contribution in [0.5, 0.6) is 0 Å². The lowest BCUT2D eigenvalue weighted by atomic mass is 10.3. The van der Waals surface area contributed by atoms with Crippen molar-refractivity contribution in [3.8, 4) is 6.07 Å². The average molecular weight is 237 g/mol. The van der Waals surface area contributed by atoms with Gasteiger partial charge in [0.2, 0.25) is 0 Å². The lowest BCUT2D eigenvalue weighted by molar-refractivity contribution is 0.862. The van der Waals surface area contributed by atoms with Gasteiger partial charge in [0.1, 0.15) is 11.9 Å². The quantitative estimate of drug-likeness (QED) is 0.700. The van der Waals surface area contributed by atoms with Gasteiger partial charge in [-0.2, -0.15) is 5.26 Å². The summed E-state index contributed by atoms with van der Waals surface area (Å²) < 4.78 is 0. The van der Waals surface area contributed by atoms with Gasteiger partial charge in [0.15, 0.2) is 0 Å². The molecule has 5 heteroatoms. The molecule has 0 amide bonds. The number of hydrogen-bond acceptors (Lipinski definition) is 5. The average Bonchev–Trinajstić information content (AvgIpc) is 2.58. The van der Waals surface area contributed by atoms with Gasteiger partial charge in [0.05, 0.1) is 5.56 Å². The summed E-state index contributed by atoms with van der Waals surface area (Å²) in [6.45, 7) is 2.08. The molecule has 1 aromatic heterocycles. The van der Waals surface area contributed by atoms with Crippen molar-refractivity contribution in [1.29, 1.82) is 5.26 Å². The van der Waals surface area contributed by atoms with Crippen molar-refractivity contribution in [3.05, 3.63) is 23.9 Å². The molecule has 3 nitrogen and oxygen atoms in total. The Bertz CT molecular complexity index is 350. The van der Waals surface area contributed by atoms with E-state index in [-0.39, 0.29) is 0 Å². The van der Waals surface area contributed by atoms with Crippen LogP contribution < -0.4 is 4.90 Å². The maximum atomic E-state index is 8.67. The third-order valence-electron chi connectivity index (χ3n) is 2.17. The fraction of sp³-hybridized carbons (Fsp3) is 0.400. The summed E-state index contributed by atoms with van der Waals surface area (Å²) in [7, 11) is 3.83. The van der Waals surface area contributed by atoms with Crippen LogP contribution in [0.2, 0.25) is 0 Å². The van der Waals surface area contributed by atoms with Crippen LogP contribution in [0.1, 0.15) is 5.56 Å². The van der Waals surface area contributed by atoms with Crippen molar-refractivity contribution >= 4 is 27.4 Å². The maximum absolute atomic E-state index is 8.67. The molecule has 0 unspecified atom stereocenters. The van der Waals surface area contributed by atoms with Crippen molar-refractivity contribution in [1.82, 2.24) is 4.98 Å². The van der Waals surface area contributed by atoms with Gasteiger partial charge in [-0.05, 0) is 12.1 Å². The second-order valence-electron chi connectivity index (χ2n) is 3.15. The summed E-state index contributed by atoms with van der Waals surface area (Å²) in [6.07, 6.45) is 1.64. The summed E-state index contributed by atoms with van der Waals surface area (Å²) in [5.74, 6) is 3.25. The molecule has 15 heavy (non-hydrogen) atoms. The zero-order valence-electron chi connectivity index (χ0n) is 8.22. The van der Waals surface area contributed by atoms with Gasteiger partial charge in [0.25, 0.3) is 0 Å². The lowest BCUT2D eigenvalue weighted by Crippen LogP contribution is -2.27. The largest absolute Gasteiger partial charge is 0.355 e. The molecule has 0 bridgehead atoms. The van der Waals surface area contributed by atoms with Gasteiger partial charge in [-0.15, -0.1) is 0 Å². The van der Waals surface area contributed by atoms with Crippen LogP contribution in [-0.4, -0.2) is 29.6 Å². The van der Waals surface area contributed by atoms with Crippen LogP contribution in [0.15, 0.2) is 18.3 Å². The third kappa shape index (κ3) is 2.80. The van der Waals surface area contributed by atoms with Crippen LogP contribution >= 0.6 is 21.6 Å². The predicted octanol–water partition coefficient (Wildman–Crippen LogP) is 2.15. The Labute approximate surface area is 97.3 Å². The zero-order chi connectivity index (χ0) is 10.5. The molecular formula is C10H11N3S2. The number of rotatable bonds is 1. The van der Waals surface area contributed by atoms with E-state index in [4.69, 9.17) is 5.26 Å². The van der Waals surface area contributed by atoms with Crippen LogP contribution in [0.4, 0.5) is 5.82 Å². The number of pyridine rings is 1. The highest BCUT2D eigenvalue weighted by Crippen LogP contribution is 2.25. The van der Waals surface area contributed by atoms with E-state index in [2.05, 4.69) is 16.0 Å². The minimum absolute atomic E-state index is 0.623. The summed E-state index contributed by atoms with van der Waals surface area (Å²) in [4.78, 5) is 6.57. The SMILES string of the molecule is N#Cc1ccc(N2CCSSCC2)nc1. The molecule has 78 valence electrons. The molecule has 0 radical (unpaired) electrons. The van der Waals surface area contributed by atoms with Crippen LogP contribution in [0.25, 0.3) is 0 Å². The van der Waals surface area contributed by atoms with Crippen LogP contribution in [-0.2, 0) is 0 Å². The van der Waals surface area contributed by atoms with Crippen molar-refractivity contribution in [2.24, 2.45) is 0 Å². The first-order chi connectivity index (χ1) is 7.40. The molecule has 1 aliphatic rings. The van der Waals surface area contributed by atoms with Crippen molar-refractivity contribution in [2.45, 2.75) is 0 Å². The normalized spacial score (nSPS) is 16.9. The van der Waals surface area contributed by atoms with Crippen molar-refractivity contribution < 1.29 is 0 Å². The van der Waals surface area contributed by atoms with E-state index in [0.29, 0.717) is 5.56 Å². The van der Waals surface area contributed by atoms with E-state index < -0.39 is 0 Å². The Morgan fingerprint density at radius 2 is 2.00 bits per heavy atom.